The molecule has 146 valence electrons. The molecule has 6 N–H and O–H groups in total. The van der Waals surface area contributed by atoms with Crippen molar-refractivity contribution in [2.75, 3.05) is 5.73 Å². The second-order valence-electron chi connectivity index (χ2n) is 6.36. The number of hydrogen-bond donors (Lipinski definition) is 4. The van der Waals surface area contributed by atoms with Gasteiger partial charge in [-0.2, -0.15) is 0 Å². The Balaban J connectivity index is 0.00000240. The van der Waals surface area contributed by atoms with Crippen LogP contribution in [0.2, 0.25) is 0 Å². The molecule has 29 heavy (non-hydrogen) atoms. The second kappa shape index (κ2) is 7.29. The molecule has 8 heteroatoms. The molecule has 0 unspecified atom stereocenters. The number of nitrogens with two attached hydrogens (primary N) is 2. The van der Waals surface area contributed by atoms with E-state index < -0.39 is 11.9 Å². The lowest BCUT2D eigenvalue weighted by molar-refractivity contribution is -0.172. The Morgan fingerprint density at radius 2 is 1.66 bits per heavy atom. The van der Waals surface area contributed by atoms with Gasteiger partial charge in [0.2, 0.25) is 0 Å². The summed E-state index contributed by atoms with van der Waals surface area (Å²) in [5.74, 6) is -1.88. The third-order valence-electron chi connectivity index (χ3n) is 4.54. The van der Waals surface area contributed by atoms with E-state index in [0.717, 1.165) is 0 Å². The normalized spacial score (nSPS) is 10.6. The molecule has 0 aromatic heterocycles. The zero-order valence-corrected chi connectivity index (χ0v) is 15.6. The molecule has 7 nitrogen and oxygen atoms in total. The topological polar surface area (TPSA) is 139 Å². The number of nitrogen functional groups attached to an aromatic ring is 1. The largest absolute Gasteiger partial charge is 1.00 e. The van der Waals surface area contributed by atoms with Gasteiger partial charge in [0, 0.05) is 34.3 Å². The molecule has 0 radical (unpaired) electrons. The van der Waals surface area contributed by atoms with Gasteiger partial charge in [-0.25, -0.2) is 9.59 Å². The lowest BCUT2D eigenvalue weighted by Gasteiger charge is -2.17. The van der Waals surface area contributed by atoms with Crippen molar-refractivity contribution in [2.24, 2.45) is 0 Å². The third kappa shape index (κ3) is 3.39. The van der Waals surface area contributed by atoms with Crippen molar-refractivity contribution in [3.05, 3.63) is 71.1 Å². The number of fused-ring (bicyclic) bond motifs is 2. The van der Waals surface area contributed by atoms with E-state index in [1.807, 2.05) is 0 Å². The van der Waals surface area contributed by atoms with Gasteiger partial charge in [-0.15, -0.1) is 0 Å². The Kier molecular flexibility index (Phi) is 5.01. The maximum Gasteiger partial charge on any atom is 0.336 e. The highest BCUT2D eigenvalue weighted by molar-refractivity contribution is 6.08. The number of anilines is 1. The van der Waals surface area contributed by atoms with Crippen LogP contribution in [0, 0.1) is 0 Å². The average Bonchev–Trinajstić information content (AvgIpc) is 2.65. The molecule has 2 aromatic rings. The van der Waals surface area contributed by atoms with E-state index in [4.69, 9.17) is 15.6 Å². The summed E-state index contributed by atoms with van der Waals surface area (Å²) in [5, 5.41) is 26.0. The Morgan fingerprint density at radius 1 is 0.897 bits per heavy atom. The molecule has 1 aliphatic carbocycles. The van der Waals surface area contributed by atoms with Crippen molar-refractivity contribution in [3.63, 3.8) is 0 Å². The molecular weight excluding hydrogens is 396 g/mol. The highest BCUT2D eigenvalue weighted by Gasteiger charge is 2.23. The first-order valence-electron chi connectivity index (χ1n) is 8.31. The Hall–Kier alpha value is -3.84. The van der Waals surface area contributed by atoms with Crippen molar-refractivity contribution >= 4 is 28.6 Å². The van der Waals surface area contributed by atoms with Gasteiger partial charge in [-0.05, 0) is 42.0 Å². The van der Waals surface area contributed by atoms with Crippen molar-refractivity contribution in [2.45, 2.75) is 0 Å². The van der Waals surface area contributed by atoms with Crippen LogP contribution < -0.4 is 28.9 Å². The maximum absolute atomic E-state index is 11.8. The van der Waals surface area contributed by atoms with E-state index in [-0.39, 0.29) is 29.1 Å². The minimum Gasteiger partial charge on any atom is -1.00 e. The fourth-order valence-electron chi connectivity index (χ4n) is 3.28. The molecular formula is C21H15ClN2O5. The predicted molar refractivity (Wildman–Crippen MR) is 102 cm³/mol. The van der Waals surface area contributed by atoms with Gasteiger partial charge in [0.1, 0.15) is 11.3 Å². The molecule has 2 aromatic carbocycles. The van der Waals surface area contributed by atoms with E-state index in [1.165, 1.54) is 18.2 Å². The van der Waals surface area contributed by atoms with Gasteiger partial charge in [-0.1, -0.05) is 0 Å². The molecule has 0 spiro atoms. The molecule has 0 amide bonds. The number of halogens is 1. The SMILES string of the molecule is Nc1ccc2c(-c3cc(C(=O)O)ccc3C(=O)O)c3ccc(=[NH2+])cc-3oc2c1.[Cl-]. The van der Waals surface area contributed by atoms with Gasteiger partial charge in [-0.3, -0.25) is 5.41 Å². The summed E-state index contributed by atoms with van der Waals surface area (Å²) in [4.78, 5) is 23.3. The number of aromatic carboxylic acids is 2. The summed E-state index contributed by atoms with van der Waals surface area (Å²) in [5.41, 5.74) is 8.16. The summed E-state index contributed by atoms with van der Waals surface area (Å²) in [6.07, 6.45) is 0. The first-order valence-corrected chi connectivity index (χ1v) is 8.31. The van der Waals surface area contributed by atoms with Crippen molar-refractivity contribution in [1.29, 1.82) is 0 Å². The quantitative estimate of drug-likeness (QED) is 0.248. The molecule has 0 saturated carbocycles. The smallest absolute Gasteiger partial charge is 0.336 e. The fraction of sp³-hybridized carbons (Fsp3) is 0. The average molecular weight is 411 g/mol. The van der Waals surface area contributed by atoms with Gasteiger partial charge < -0.3 is 32.8 Å². The van der Waals surface area contributed by atoms with Gasteiger partial charge >= 0.3 is 11.9 Å². The molecule has 4 rings (SSSR count). The predicted octanol–water partition coefficient (Wildman–Crippen LogP) is -1.15. The van der Waals surface area contributed by atoms with E-state index in [1.54, 1.807) is 36.4 Å². The van der Waals surface area contributed by atoms with E-state index in [2.05, 4.69) is 0 Å². The molecule has 0 fully saturated rings. The van der Waals surface area contributed by atoms with Crippen LogP contribution in [0.4, 0.5) is 5.69 Å². The fourth-order valence-corrected chi connectivity index (χ4v) is 3.28. The van der Waals surface area contributed by atoms with Crippen LogP contribution >= 0.6 is 0 Å². The lowest BCUT2D eigenvalue weighted by Crippen LogP contribution is -3.00. The van der Waals surface area contributed by atoms with Crippen LogP contribution in [0.5, 0.6) is 0 Å². The second-order valence-corrected chi connectivity index (χ2v) is 6.36. The Labute approximate surface area is 170 Å². The number of rotatable bonds is 3. The number of carbonyl (C=O) groups is 2. The highest BCUT2D eigenvalue weighted by Crippen LogP contribution is 2.41. The van der Waals surface area contributed by atoms with Crippen LogP contribution in [0.25, 0.3) is 33.4 Å². The van der Waals surface area contributed by atoms with E-state index >= 15 is 0 Å². The van der Waals surface area contributed by atoms with E-state index in [9.17, 15) is 19.8 Å². The van der Waals surface area contributed by atoms with Crippen LogP contribution in [0.1, 0.15) is 20.7 Å². The van der Waals surface area contributed by atoms with Gasteiger partial charge in [0.25, 0.3) is 0 Å². The lowest BCUT2D eigenvalue weighted by atomic mass is 9.89. The molecule has 2 aliphatic rings. The third-order valence-corrected chi connectivity index (χ3v) is 4.54. The number of hydrogen-bond acceptors (Lipinski definition) is 4. The zero-order chi connectivity index (χ0) is 20.0. The monoisotopic (exact) mass is 410 g/mol. The van der Waals surface area contributed by atoms with Crippen molar-refractivity contribution < 1.29 is 42.0 Å². The zero-order valence-electron chi connectivity index (χ0n) is 14.8. The van der Waals surface area contributed by atoms with Crippen molar-refractivity contribution in [3.8, 4) is 22.5 Å². The number of carboxylic acids is 2. The Morgan fingerprint density at radius 3 is 2.34 bits per heavy atom. The summed E-state index contributed by atoms with van der Waals surface area (Å²) in [6.45, 7) is 0. The minimum absolute atomic E-state index is 0. The Bertz CT molecular complexity index is 1310. The van der Waals surface area contributed by atoms with Gasteiger partial charge in [0.15, 0.2) is 5.36 Å². The summed E-state index contributed by atoms with van der Waals surface area (Å²) < 4.78 is 5.92. The van der Waals surface area contributed by atoms with E-state index in [0.29, 0.717) is 38.9 Å². The highest BCUT2D eigenvalue weighted by atomic mass is 35.5. The molecule has 0 atom stereocenters. The standard InChI is InChI=1S/C21H14N2O5.ClH/c22-11-2-5-14-17(8-11)28-18-9-12(23)3-6-15(18)19(14)16-7-10(20(24)25)1-4-13(16)21(26)27;/h1-9,22H,23H2,(H,24,25)(H,26,27);1H. The summed E-state index contributed by atoms with van der Waals surface area (Å²) in [6, 6.07) is 14.0. The maximum atomic E-state index is 11.8. The summed E-state index contributed by atoms with van der Waals surface area (Å²) >= 11 is 0. The molecule has 0 bridgehead atoms. The van der Waals surface area contributed by atoms with Crippen LogP contribution in [-0.2, 0) is 0 Å². The summed E-state index contributed by atoms with van der Waals surface area (Å²) in [7, 11) is 0. The first kappa shape index (κ1) is 19.9. The van der Waals surface area contributed by atoms with Gasteiger partial charge in [0.05, 0.1) is 17.2 Å². The first-order chi connectivity index (χ1) is 13.3. The molecule has 1 heterocycles. The van der Waals surface area contributed by atoms with Crippen molar-refractivity contribution in [1.82, 2.24) is 0 Å². The van der Waals surface area contributed by atoms with Crippen LogP contribution in [0.15, 0.2) is 59.0 Å². The number of carboxylic acid groups (broad SMARTS) is 2. The minimum atomic E-state index is -1.17. The van der Waals surface area contributed by atoms with Crippen LogP contribution in [0.3, 0.4) is 0 Å². The molecule has 1 aliphatic heterocycles. The number of benzene rings is 3. The van der Waals surface area contributed by atoms with Crippen LogP contribution in [-0.4, -0.2) is 22.2 Å². The molecule has 0 saturated heterocycles.